The van der Waals surface area contributed by atoms with Crippen molar-refractivity contribution in [3.05, 3.63) is 64.7 Å². The van der Waals surface area contributed by atoms with Crippen molar-refractivity contribution in [2.24, 2.45) is 0 Å². The van der Waals surface area contributed by atoms with Crippen LogP contribution >= 0.6 is 0 Å². The average Bonchev–Trinajstić information content (AvgIpc) is 3.08. The quantitative estimate of drug-likeness (QED) is 0.877. The van der Waals surface area contributed by atoms with E-state index in [4.69, 9.17) is 0 Å². The molecule has 0 radical (unpaired) electrons. The lowest BCUT2D eigenvalue weighted by molar-refractivity contribution is 0.0940. The van der Waals surface area contributed by atoms with Crippen molar-refractivity contribution in [3.8, 4) is 0 Å². The largest absolute Gasteiger partial charge is 0.346 e. The van der Waals surface area contributed by atoms with E-state index in [0.29, 0.717) is 11.3 Å². The molecule has 1 amide bonds. The van der Waals surface area contributed by atoms with Crippen LogP contribution in [0, 0.1) is 0 Å². The maximum atomic E-state index is 12.5. The van der Waals surface area contributed by atoms with Gasteiger partial charge >= 0.3 is 0 Å². The van der Waals surface area contributed by atoms with Crippen molar-refractivity contribution >= 4 is 21.6 Å². The van der Waals surface area contributed by atoms with E-state index in [1.54, 1.807) is 24.3 Å². The molecule has 0 unspecified atom stereocenters. The molecule has 0 aromatic heterocycles. The summed E-state index contributed by atoms with van der Waals surface area (Å²) in [4.78, 5) is 12.5. The molecule has 6 heteroatoms. The van der Waals surface area contributed by atoms with E-state index in [-0.39, 0.29) is 11.9 Å². The highest BCUT2D eigenvalue weighted by Crippen LogP contribution is 2.25. The monoisotopic (exact) mass is 372 g/mol. The third kappa shape index (κ3) is 3.90. The van der Waals surface area contributed by atoms with E-state index >= 15 is 0 Å². The van der Waals surface area contributed by atoms with Gasteiger partial charge in [-0.2, -0.15) is 0 Å². The molecule has 3 rings (SSSR count). The Kier molecular flexibility index (Phi) is 5.05. The predicted molar refractivity (Wildman–Crippen MR) is 104 cm³/mol. The summed E-state index contributed by atoms with van der Waals surface area (Å²) in [7, 11) is -1.83. The van der Waals surface area contributed by atoms with Crippen molar-refractivity contribution in [3.63, 3.8) is 0 Å². The lowest BCUT2D eigenvalue weighted by Gasteiger charge is -2.18. The van der Waals surface area contributed by atoms with Gasteiger partial charge in [0.15, 0.2) is 0 Å². The highest BCUT2D eigenvalue weighted by atomic mass is 32.2. The number of aryl methyl sites for hydroxylation is 2. The molecule has 0 aliphatic heterocycles. The Morgan fingerprint density at radius 1 is 1.08 bits per heavy atom. The molecule has 5 nitrogen and oxygen atoms in total. The fraction of sp³-hybridized carbons (Fsp3) is 0.350. The van der Waals surface area contributed by atoms with Gasteiger partial charge in [0.1, 0.15) is 0 Å². The topological polar surface area (TPSA) is 66.5 Å². The highest BCUT2D eigenvalue weighted by molar-refractivity contribution is 7.92. The molecule has 138 valence electrons. The van der Waals surface area contributed by atoms with Gasteiger partial charge in [0.25, 0.3) is 5.91 Å². The first-order valence-electron chi connectivity index (χ1n) is 8.72. The number of rotatable bonds is 5. The van der Waals surface area contributed by atoms with Gasteiger partial charge in [0.2, 0.25) is 10.0 Å². The van der Waals surface area contributed by atoms with Gasteiger partial charge in [-0.1, -0.05) is 18.2 Å². The molecular formula is C20H24N2O3S. The maximum absolute atomic E-state index is 12.5. The number of anilines is 1. The molecule has 0 saturated carbocycles. The molecule has 2 aromatic carbocycles. The number of fused-ring (bicyclic) bond motifs is 1. The van der Waals surface area contributed by atoms with Crippen LogP contribution < -0.4 is 9.62 Å². The van der Waals surface area contributed by atoms with E-state index in [2.05, 4.69) is 23.5 Å². The summed E-state index contributed by atoms with van der Waals surface area (Å²) in [5.74, 6) is -0.174. The number of carbonyl (C=O) groups excluding carboxylic acids is 1. The van der Waals surface area contributed by atoms with Crippen LogP contribution in [-0.4, -0.2) is 27.6 Å². The Labute approximate surface area is 155 Å². The number of sulfonamides is 1. The molecule has 0 heterocycles. The Bertz CT molecular complexity index is 921. The second-order valence-electron chi connectivity index (χ2n) is 6.85. The Hall–Kier alpha value is -2.34. The summed E-state index contributed by atoms with van der Waals surface area (Å²) >= 11 is 0. The summed E-state index contributed by atoms with van der Waals surface area (Å²) < 4.78 is 24.3. The van der Waals surface area contributed by atoms with Crippen molar-refractivity contribution in [1.82, 2.24) is 5.32 Å². The normalized spacial score (nSPS) is 14.6. The van der Waals surface area contributed by atoms with E-state index < -0.39 is 10.0 Å². The fourth-order valence-electron chi connectivity index (χ4n) is 3.24. The molecule has 1 N–H and O–H groups in total. The Morgan fingerprint density at radius 3 is 2.38 bits per heavy atom. The van der Waals surface area contributed by atoms with Crippen molar-refractivity contribution in [2.45, 2.75) is 32.2 Å². The predicted octanol–water partition coefficient (Wildman–Crippen LogP) is 3.06. The molecule has 0 fully saturated rings. The van der Waals surface area contributed by atoms with Crippen LogP contribution in [0.5, 0.6) is 0 Å². The first-order chi connectivity index (χ1) is 12.3. The lowest BCUT2D eigenvalue weighted by atomic mass is 10.0. The average molecular weight is 372 g/mol. The third-order valence-corrected chi connectivity index (χ3v) is 6.17. The number of nitrogens with zero attached hydrogens (tertiary/aromatic N) is 1. The molecule has 2 aromatic rings. The second kappa shape index (κ2) is 7.11. The Morgan fingerprint density at radius 2 is 1.73 bits per heavy atom. The van der Waals surface area contributed by atoms with E-state index in [0.717, 1.165) is 24.7 Å². The van der Waals surface area contributed by atoms with Gasteiger partial charge in [-0.05, 0) is 67.1 Å². The summed E-state index contributed by atoms with van der Waals surface area (Å²) in [6.45, 7) is 1.97. The molecular weight excluding hydrogens is 348 g/mol. The number of amides is 1. The van der Waals surface area contributed by atoms with E-state index in [9.17, 15) is 13.2 Å². The smallest absolute Gasteiger partial charge is 0.251 e. The first kappa shape index (κ1) is 18.5. The van der Waals surface area contributed by atoms with Gasteiger partial charge in [-0.15, -0.1) is 0 Å². The van der Waals surface area contributed by atoms with Crippen molar-refractivity contribution in [2.75, 3.05) is 17.6 Å². The Balaban J connectivity index is 1.69. The van der Waals surface area contributed by atoms with E-state index in [1.165, 1.54) is 28.9 Å². The minimum atomic E-state index is -3.32. The van der Waals surface area contributed by atoms with Crippen LogP contribution in [0.2, 0.25) is 0 Å². The molecule has 26 heavy (non-hydrogen) atoms. The number of hydrogen-bond acceptors (Lipinski definition) is 3. The van der Waals surface area contributed by atoms with E-state index in [1.807, 2.05) is 6.92 Å². The van der Waals surface area contributed by atoms with Gasteiger partial charge in [0.05, 0.1) is 18.0 Å². The van der Waals surface area contributed by atoms with Crippen molar-refractivity contribution in [1.29, 1.82) is 0 Å². The van der Waals surface area contributed by atoms with Gasteiger partial charge in [-0.25, -0.2) is 8.42 Å². The van der Waals surface area contributed by atoms with Gasteiger partial charge < -0.3 is 5.32 Å². The SMILES string of the molecule is C[C@@H](NC(=O)c1ccc(N(C)S(C)(=O)=O)cc1)c1ccc2c(c1)CCC2. The second-order valence-corrected chi connectivity index (χ2v) is 8.87. The maximum Gasteiger partial charge on any atom is 0.251 e. The van der Waals surface area contributed by atoms with Crippen LogP contribution in [0.25, 0.3) is 0 Å². The molecule has 1 atom stereocenters. The molecule has 0 spiro atoms. The van der Waals surface area contributed by atoms with Crippen LogP contribution in [0.4, 0.5) is 5.69 Å². The standard InChI is InChI=1S/C20H24N2O3S/c1-14(17-8-7-15-5-4-6-18(15)13-17)21-20(23)16-9-11-19(12-10-16)22(2)26(3,24)25/h7-14H,4-6H2,1-3H3,(H,21,23)/t14-/m1/s1. The van der Waals surface area contributed by atoms with Gasteiger partial charge in [-0.3, -0.25) is 9.10 Å². The first-order valence-corrected chi connectivity index (χ1v) is 10.6. The number of carbonyl (C=O) groups is 1. The summed E-state index contributed by atoms with van der Waals surface area (Å²) in [5.41, 5.74) is 4.93. The zero-order valence-electron chi connectivity index (χ0n) is 15.3. The minimum absolute atomic E-state index is 0.0910. The fourth-order valence-corrected chi connectivity index (χ4v) is 3.74. The molecule has 0 bridgehead atoms. The highest BCUT2D eigenvalue weighted by Gasteiger charge is 2.16. The zero-order chi connectivity index (χ0) is 18.9. The third-order valence-electron chi connectivity index (χ3n) is 4.96. The minimum Gasteiger partial charge on any atom is -0.346 e. The van der Waals surface area contributed by atoms with Crippen LogP contribution in [0.15, 0.2) is 42.5 Å². The number of hydrogen-bond donors (Lipinski definition) is 1. The molecule has 0 saturated heterocycles. The van der Waals surface area contributed by atoms with Crippen LogP contribution in [-0.2, 0) is 22.9 Å². The van der Waals surface area contributed by atoms with Crippen LogP contribution in [0.1, 0.15) is 46.4 Å². The summed E-state index contributed by atoms with van der Waals surface area (Å²) in [6, 6.07) is 12.9. The molecule has 1 aliphatic carbocycles. The number of benzene rings is 2. The van der Waals surface area contributed by atoms with Gasteiger partial charge in [0, 0.05) is 12.6 Å². The van der Waals surface area contributed by atoms with Crippen LogP contribution in [0.3, 0.4) is 0 Å². The van der Waals surface area contributed by atoms with Crippen molar-refractivity contribution < 1.29 is 13.2 Å². The number of nitrogens with one attached hydrogen (secondary N) is 1. The summed E-state index contributed by atoms with van der Waals surface area (Å²) in [6.07, 6.45) is 4.60. The summed E-state index contributed by atoms with van der Waals surface area (Å²) in [5, 5.41) is 3.01. The lowest BCUT2D eigenvalue weighted by Crippen LogP contribution is -2.27. The zero-order valence-corrected chi connectivity index (χ0v) is 16.1. The molecule has 1 aliphatic rings.